The molecule has 0 aliphatic carbocycles. The van der Waals surface area contributed by atoms with Gasteiger partial charge in [0.2, 0.25) is 11.8 Å². The van der Waals surface area contributed by atoms with E-state index in [2.05, 4.69) is 20.8 Å². The summed E-state index contributed by atoms with van der Waals surface area (Å²) >= 11 is 0. The van der Waals surface area contributed by atoms with Crippen LogP contribution in [-0.2, 0) is 26.2 Å². The number of imide groups is 1. The summed E-state index contributed by atoms with van der Waals surface area (Å²) < 4.78 is 14.6. The van der Waals surface area contributed by atoms with E-state index in [1.807, 2.05) is 16.9 Å². The second kappa shape index (κ2) is 9.26. The molecule has 0 spiro atoms. The molecule has 1 unspecified atom stereocenters. The average molecular weight is 466 g/mol. The molecular formula is C23H26N6O5. The van der Waals surface area contributed by atoms with Crippen LogP contribution in [0.25, 0.3) is 10.9 Å². The largest absolute Gasteiger partial charge is 0.484 e. The number of nitrogens with zero attached hydrogens (tertiary/aromatic N) is 4. The van der Waals surface area contributed by atoms with Gasteiger partial charge in [-0.15, -0.1) is 0 Å². The Bertz CT molecular complexity index is 1240. The number of hydrogen-bond acceptors (Lipinski definition) is 7. The summed E-state index contributed by atoms with van der Waals surface area (Å²) in [7, 11) is 1.78. The number of benzene rings is 1. The summed E-state index contributed by atoms with van der Waals surface area (Å²) in [5.41, 5.74) is 2.03. The molecule has 4 heterocycles. The minimum absolute atomic E-state index is 0.161. The number of carbonyl (C=O) groups excluding carboxylic acids is 3. The first-order chi connectivity index (χ1) is 16.5. The fourth-order valence-electron chi connectivity index (χ4n) is 4.46. The van der Waals surface area contributed by atoms with Crippen LogP contribution in [0.15, 0.2) is 30.6 Å². The van der Waals surface area contributed by atoms with E-state index in [-0.39, 0.29) is 30.4 Å². The molecule has 0 radical (unpaired) electrons. The predicted octanol–water partition coefficient (Wildman–Crippen LogP) is 1.66. The molecule has 34 heavy (non-hydrogen) atoms. The Morgan fingerprint density at radius 2 is 2.09 bits per heavy atom. The van der Waals surface area contributed by atoms with Gasteiger partial charge in [-0.1, -0.05) is 0 Å². The lowest BCUT2D eigenvalue weighted by Gasteiger charge is -2.22. The summed E-state index contributed by atoms with van der Waals surface area (Å²) in [5, 5.41) is 14.9. The number of nitrogens with one attached hydrogen (secondary N) is 2. The summed E-state index contributed by atoms with van der Waals surface area (Å²) in [6, 6.07) is 5.64. The number of ether oxygens (including phenoxy) is 2. The molecule has 1 atom stereocenters. The van der Waals surface area contributed by atoms with Crippen LogP contribution in [-0.4, -0.2) is 57.1 Å². The highest BCUT2D eigenvalue weighted by Crippen LogP contribution is 2.32. The fourth-order valence-corrected chi connectivity index (χ4v) is 4.46. The summed E-state index contributed by atoms with van der Waals surface area (Å²) in [6.07, 6.45) is 5.98. The summed E-state index contributed by atoms with van der Waals surface area (Å²) in [6.45, 7) is 1.28. The number of aromatic nitrogens is 4. The van der Waals surface area contributed by atoms with Crippen molar-refractivity contribution in [1.82, 2.24) is 24.9 Å². The van der Waals surface area contributed by atoms with Crippen molar-refractivity contribution in [3.05, 3.63) is 36.3 Å². The van der Waals surface area contributed by atoms with Gasteiger partial charge in [0, 0.05) is 44.3 Å². The van der Waals surface area contributed by atoms with Gasteiger partial charge in [0.1, 0.15) is 5.75 Å². The smallest absolute Gasteiger partial charge is 0.262 e. The first-order valence-electron chi connectivity index (χ1n) is 11.3. The van der Waals surface area contributed by atoms with Gasteiger partial charge < -0.3 is 14.8 Å². The van der Waals surface area contributed by atoms with E-state index in [0.29, 0.717) is 30.0 Å². The number of hydrogen-bond donors (Lipinski definition) is 2. The van der Waals surface area contributed by atoms with Crippen molar-refractivity contribution in [1.29, 1.82) is 0 Å². The second-order valence-electron chi connectivity index (χ2n) is 8.58. The van der Waals surface area contributed by atoms with Crippen LogP contribution in [0.3, 0.4) is 0 Å². The highest BCUT2D eigenvalue weighted by Gasteiger charge is 2.31. The molecule has 5 rings (SSSR count). The first-order valence-corrected chi connectivity index (χ1v) is 11.3. The van der Waals surface area contributed by atoms with E-state index in [9.17, 15) is 14.4 Å². The molecule has 1 aromatic carbocycles. The zero-order valence-corrected chi connectivity index (χ0v) is 18.8. The van der Waals surface area contributed by atoms with Crippen LogP contribution in [0.2, 0.25) is 0 Å². The van der Waals surface area contributed by atoms with E-state index in [0.717, 1.165) is 37.0 Å². The zero-order valence-electron chi connectivity index (χ0n) is 18.8. The van der Waals surface area contributed by atoms with Crippen molar-refractivity contribution in [2.24, 2.45) is 7.05 Å². The lowest BCUT2D eigenvalue weighted by molar-refractivity contribution is -0.134. The van der Waals surface area contributed by atoms with Crippen LogP contribution in [0.5, 0.6) is 5.75 Å². The third-order valence-corrected chi connectivity index (χ3v) is 6.24. The van der Waals surface area contributed by atoms with Gasteiger partial charge in [0.25, 0.3) is 5.91 Å². The molecule has 2 aliphatic rings. The molecule has 0 saturated carbocycles. The molecule has 2 aromatic heterocycles. The SMILES string of the molecule is Cn1nc(C2CCC(=O)NC2=O)c2ccc(OCC(=O)Nc3cnn(C4CCOCC4)c3)cc21. The molecule has 2 N–H and O–H groups in total. The number of amides is 3. The van der Waals surface area contributed by atoms with Gasteiger partial charge >= 0.3 is 0 Å². The highest BCUT2D eigenvalue weighted by atomic mass is 16.5. The number of aryl methyl sites for hydroxylation is 1. The van der Waals surface area contributed by atoms with E-state index >= 15 is 0 Å². The van der Waals surface area contributed by atoms with Gasteiger partial charge in [0.05, 0.1) is 35.1 Å². The summed E-state index contributed by atoms with van der Waals surface area (Å²) in [4.78, 5) is 36.1. The monoisotopic (exact) mass is 466 g/mol. The van der Waals surface area contributed by atoms with Crippen LogP contribution < -0.4 is 15.4 Å². The van der Waals surface area contributed by atoms with Crippen molar-refractivity contribution < 1.29 is 23.9 Å². The van der Waals surface area contributed by atoms with Crippen LogP contribution in [0.4, 0.5) is 5.69 Å². The molecular weight excluding hydrogens is 440 g/mol. The molecule has 11 nitrogen and oxygen atoms in total. The van der Waals surface area contributed by atoms with Gasteiger partial charge in [-0.25, -0.2) is 0 Å². The summed E-state index contributed by atoms with van der Waals surface area (Å²) in [5.74, 6) is -0.833. The van der Waals surface area contributed by atoms with Gasteiger partial charge in [-0.2, -0.15) is 10.2 Å². The molecule has 3 amide bonds. The first kappa shape index (κ1) is 22.1. The minimum atomic E-state index is -0.471. The maximum atomic E-state index is 12.4. The maximum Gasteiger partial charge on any atom is 0.262 e. The Hall–Kier alpha value is -3.73. The molecule has 2 aliphatic heterocycles. The van der Waals surface area contributed by atoms with E-state index < -0.39 is 5.92 Å². The molecule has 2 saturated heterocycles. The van der Waals surface area contributed by atoms with Gasteiger partial charge in [-0.05, 0) is 31.4 Å². The lowest BCUT2D eigenvalue weighted by Crippen LogP contribution is -2.39. The maximum absolute atomic E-state index is 12.4. The standard InChI is InChI=1S/C23H26N6O5/c1-28-19-10-16(2-3-17(19)22(27-28)18-4-5-20(30)26-23(18)32)34-13-21(31)25-14-11-24-29(12-14)15-6-8-33-9-7-15/h2-3,10-12,15,18H,4-9,13H2,1H3,(H,25,31)(H,26,30,32). The third kappa shape index (κ3) is 4.51. The van der Waals surface area contributed by atoms with E-state index in [4.69, 9.17) is 9.47 Å². The number of carbonyl (C=O) groups is 3. The topological polar surface area (TPSA) is 129 Å². The van der Waals surface area contributed by atoms with Crippen molar-refractivity contribution >= 4 is 34.3 Å². The van der Waals surface area contributed by atoms with Crippen molar-refractivity contribution in [3.8, 4) is 5.75 Å². The molecule has 11 heteroatoms. The Morgan fingerprint density at radius 1 is 1.26 bits per heavy atom. The van der Waals surface area contributed by atoms with Crippen molar-refractivity contribution in [2.75, 3.05) is 25.1 Å². The Kier molecular flexibility index (Phi) is 6.01. The molecule has 2 fully saturated rings. The fraction of sp³-hybridized carbons (Fsp3) is 0.435. The molecule has 3 aromatic rings. The van der Waals surface area contributed by atoms with Crippen molar-refractivity contribution in [3.63, 3.8) is 0 Å². The van der Waals surface area contributed by atoms with Gasteiger partial charge in [0.15, 0.2) is 6.61 Å². The van der Waals surface area contributed by atoms with Crippen LogP contribution >= 0.6 is 0 Å². The Morgan fingerprint density at radius 3 is 2.88 bits per heavy atom. The Labute approximate surface area is 195 Å². The van der Waals surface area contributed by atoms with Crippen LogP contribution in [0.1, 0.15) is 43.3 Å². The zero-order chi connectivity index (χ0) is 23.7. The number of fused-ring (bicyclic) bond motifs is 1. The number of anilines is 1. The highest BCUT2D eigenvalue weighted by molar-refractivity contribution is 6.02. The van der Waals surface area contributed by atoms with Crippen molar-refractivity contribution in [2.45, 2.75) is 37.6 Å². The lowest BCUT2D eigenvalue weighted by atomic mass is 9.93. The van der Waals surface area contributed by atoms with E-state index in [1.165, 1.54) is 0 Å². The average Bonchev–Trinajstić information content (AvgIpc) is 3.43. The third-order valence-electron chi connectivity index (χ3n) is 6.24. The molecule has 0 bridgehead atoms. The molecule has 178 valence electrons. The van der Waals surface area contributed by atoms with E-state index in [1.54, 1.807) is 30.1 Å². The Balaban J connectivity index is 1.22. The van der Waals surface area contributed by atoms with Gasteiger partial charge in [-0.3, -0.25) is 29.1 Å². The normalized spacial score (nSPS) is 19.3. The second-order valence-corrected chi connectivity index (χ2v) is 8.58. The van der Waals surface area contributed by atoms with Crippen LogP contribution in [0, 0.1) is 0 Å². The predicted molar refractivity (Wildman–Crippen MR) is 121 cm³/mol. The number of piperidine rings is 1. The minimum Gasteiger partial charge on any atom is -0.484 e. The number of rotatable bonds is 6. The quantitative estimate of drug-likeness (QED) is 0.529.